The summed E-state index contributed by atoms with van der Waals surface area (Å²) in [5, 5.41) is 0. The molecule has 0 saturated carbocycles. The van der Waals surface area contributed by atoms with Crippen LogP contribution >= 0.6 is 0 Å². The molecule has 1 fully saturated rings. The molecule has 0 aliphatic carbocycles. The first kappa shape index (κ1) is 18.0. The second-order valence-electron chi connectivity index (χ2n) is 6.82. The summed E-state index contributed by atoms with van der Waals surface area (Å²) in [4.78, 5) is 33.2. The van der Waals surface area contributed by atoms with Gasteiger partial charge in [0.1, 0.15) is 0 Å². The number of hydrogen-bond donors (Lipinski definition) is 0. The van der Waals surface area contributed by atoms with E-state index in [2.05, 4.69) is 4.98 Å². The summed E-state index contributed by atoms with van der Waals surface area (Å²) in [6.07, 6.45) is 7.95. The maximum atomic E-state index is 12.9. The van der Waals surface area contributed by atoms with E-state index in [1.54, 1.807) is 29.4 Å². The van der Waals surface area contributed by atoms with E-state index in [9.17, 15) is 9.59 Å². The summed E-state index contributed by atoms with van der Waals surface area (Å²) >= 11 is 0. The Balaban J connectivity index is 1.41. The molecule has 0 spiro atoms. The minimum atomic E-state index is -0.0292. The van der Waals surface area contributed by atoms with Crippen molar-refractivity contribution < 1.29 is 9.59 Å². The third kappa shape index (κ3) is 3.81. The predicted molar refractivity (Wildman–Crippen MR) is 106 cm³/mol. The molecule has 1 aromatic carbocycles. The smallest absolute Gasteiger partial charge is 0.255 e. The van der Waals surface area contributed by atoms with Gasteiger partial charge in [0.15, 0.2) is 0 Å². The second kappa shape index (κ2) is 8.08. The van der Waals surface area contributed by atoms with Gasteiger partial charge in [0.25, 0.3) is 11.8 Å². The lowest BCUT2D eigenvalue weighted by Crippen LogP contribution is -2.37. The zero-order valence-electron chi connectivity index (χ0n) is 15.6. The van der Waals surface area contributed by atoms with Crippen molar-refractivity contribution in [3.8, 4) is 5.69 Å². The molecule has 6 nitrogen and oxygen atoms in total. The van der Waals surface area contributed by atoms with E-state index in [1.807, 2.05) is 58.3 Å². The van der Waals surface area contributed by atoms with Crippen molar-refractivity contribution in [2.24, 2.45) is 0 Å². The van der Waals surface area contributed by atoms with E-state index in [-0.39, 0.29) is 11.8 Å². The van der Waals surface area contributed by atoms with E-state index in [0.29, 0.717) is 37.3 Å². The number of rotatable bonds is 3. The van der Waals surface area contributed by atoms with Crippen LogP contribution in [0.1, 0.15) is 27.1 Å². The van der Waals surface area contributed by atoms with Gasteiger partial charge in [-0.3, -0.25) is 14.6 Å². The lowest BCUT2D eigenvalue weighted by molar-refractivity contribution is 0.0718. The molecule has 6 heteroatoms. The highest BCUT2D eigenvalue weighted by molar-refractivity contribution is 5.95. The molecule has 2 aromatic heterocycles. The van der Waals surface area contributed by atoms with Crippen LogP contribution in [0.5, 0.6) is 0 Å². The molecule has 1 aliphatic rings. The molecule has 2 amide bonds. The highest BCUT2D eigenvalue weighted by atomic mass is 16.2. The number of hydrogen-bond acceptors (Lipinski definition) is 3. The van der Waals surface area contributed by atoms with Crippen molar-refractivity contribution >= 4 is 11.8 Å². The normalized spacial score (nSPS) is 14.6. The molecule has 0 N–H and O–H groups in total. The fraction of sp³-hybridized carbons (Fsp3) is 0.227. The van der Waals surface area contributed by atoms with Gasteiger partial charge < -0.3 is 14.4 Å². The van der Waals surface area contributed by atoms with Crippen LogP contribution < -0.4 is 0 Å². The molecule has 0 bridgehead atoms. The van der Waals surface area contributed by atoms with Crippen LogP contribution in [-0.2, 0) is 0 Å². The van der Waals surface area contributed by atoms with E-state index in [0.717, 1.165) is 12.1 Å². The zero-order valence-corrected chi connectivity index (χ0v) is 15.6. The van der Waals surface area contributed by atoms with E-state index < -0.39 is 0 Å². The standard InChI is InChI=1S/C22H22N4O2/c27-21(18-6-8-20(9-7-18)24-11-1-2-12-24)25-13-4-14-26(16-15-25)22(28)19-5-3-10-23-17-19/h1-3,5-12,17H,4,13-16H2. The minimum absolute atomic E-state index is 0.00901. The fourth-order valence-electron chi connectivity index (χ4n) is 3.46. The van der Waals surface area contributed by atoms with Gasteiger partial charge in [-0.05, 0) is 55.0 Å². The van der Waals surface area contributed by atoms with Crippen molar-refractivity contribution in [2.75, 3.05) is 26.2 Å². The summed E-state index contributed by atoms with van der Waals surface area (Å²) < 4.78 is 2.00. The quantitative estimate of drug-likeness (QED) is 0.708. The second-order valence-corrected chi connectivity index (χ2v) is 6.82. The first-order valence-corrected chi connectivity index (χ1v) is 9.44. The Morgan fingerprint density at radius 1 is 0.750 bits per heavy atom. The lowest BCUT2D eigenvalue weighted by Gasteiger charge is -2.22. The Bertz CT molecular complexity index is 936. The summed E-state index contributed by atoms with van der Waals surface area (Å²) in [7, 11) is 0. The number of pyridine rings is 1. The Hall–Kier alpha value is -3.41. The van der Waals surface area contributed by atoms with Gasteiger partial charge in [-0.25, -0.2) is 0 Å². The summed E-state index contributed by atoms with van der Waals surface area (Å²) in [6.45, 7) is 2.35. The third-order valence-corrected chi connectivity index (χ3v) is 5.00. The molecular formula is C22H22N4O2. The first-order valence-electron chi connectivity index (χ1n) is 9.44. The van der Waals surface area contributed by atoms with Gasteiger partial charge in [-0.1, -0.05) is 0 Å². The number of carbonyl (C=O) groups excluding carboxylic acids is 2. The number of carbonyl (C=O) groups is 2. The predicted octanol–water partition coefficient (Wildman–Crippen LogP) is 2.86. The molecule has 142 valence electrons. The molecule has 28 heavy (non-hydrogen) atoms. The monoisotopic (exact) mass is 374 g/mol. The van der Waals surface area contributed by atoms with Crippen molar-refractivity contribution in [1.82, 2.24) is 19.4 Å². The maximum absolute atomic E-state index is 12.9. The van der Waals surface area contributed by atoms with Crippen molar-refractivity contribution in [2.45, 2.75) is 6.42 Å². The van der Waals surface area contributed by atoms with Crippen molar-refractivity contribution in [3.05, 3.63) is 84.4 Å². The van der Waals surface area contributed by atoms with Crippen LogP contribution in [-0.4, -0.2) is 57.3 Å². The van der Waals surface area contributed by atoms with Crippen molar-refractivity contribution in [1.29, 1.82) is 0 Å². The minimum Gasteiger partial charge on any atom is -0.337 e. The Kier molecular flexibility index (Phi) is 5.19. The Morgan fingerprint density at radius 2 is 1.39 bits per heavy atom. The van der Waals surface area contributed by atoms with Gasteiger partial charge >= 0.3 is 0 Å². The topological polar surface area (TPSA) is 58.4 Å². The molecule has 4 rings (SSSR count). The van der Waals surface area contributed by atoms with Crippen LogP contribution in [0.2, 0.25) is 0 Å². The number of aromatic nitrogens is 2. The molecule has 1 aliphatic heterocycles. The molecular weight excluding hydrogens is 352 g/mol. The number of nitrogens with zero attached hydrogens (tertiary/aromatic N) is 4. The Morgan fingerprint density at radius 3 is 2.00 bits per heavy atom. The average Bonchev–Trinajstić information content (AvgIpc) is 3.18. The highest BCUT2D eigenvalue weighted by Crippen LogP contribution is 2.14. The SMILES string of the molecule is O=C(c1ccc(-n2cccc2)cc1)N1CCCN(C(=O)c2cccnc2)CC1. The van der Waals surface area contributed by atoms with Gasteiger partial charge in [-0.2, -0.15) is 0 Å². The molecule has 0 atom stereocenters. The van der Waals surface area contributed by atoms with Crippen LogP contribution in [0.15, 0.2) is 73.3 Å². The van der Waals surface area contributed by atoms with Gasteiger partial charge in [0.2, 0.25) is 0 Å². The number of benzene rings is 1. The molecule has 0 radical (unpaired) electrons. The molecule has 0 unspecified atom stereocenters. The summed E-state index contributed by atoms with van der Waals surface area (Å²) in [6, 6.07) is 15.1. The molecule has 3 heterocycles. The van der Waals surface area contributed by atoms with Crippen LogP contribution in [0.25, 0.3) is 5.69 Å². The lowest BCUT2D eigenvalue weighted by atomic mass is 10.1. The fourth-order valence-corrected chi connectivity index (χ4v) is 3.46. The first-order chi connectivity index (χ1) is 13.7. The molecule has 1 saturated heterocycles. The maximum Gasteiger partial charge on any atom is 0.255 e. The number of amides is 2. The highest BCUT2D eigenvalue weighted by Gasteiger charge is 2.23. The largest absolute Gasteiger partial charge is 0.337 e. The van der Waals surface area contributed by atoms with E-state index >= 15 is 0 Å². The zero-order chi connectivity index (χ0) is 19.3. The van der Waals surface area contributed by atoms with E-state index in [4.69, 9.17) is 0 Å². The third-order valence-electron chi connectivity index (χ3n) is 5.00. The Labute approximate surface area is 164 Å². The van der Waals surface area contributed by atoms with Gasteiger partial charge in [0, 0.05) is 62.2 Å². The van der Waals surface area contributed by atoms with Gasteiger partial charge in [0.05, 0.1) is 5.56 Å². The molecule has 3 aromatic rings. The summed E-state index contributed by atoms with van der Waals surface area (Å²) in [5.41, 5.74) is 2.27. The van der Waals surface area contributed by atoms with Crippen LogP contribution in [0, 0.1) is 0 Å². The van der Waals surface area contributed by atoms with Crippen molar-refractivity contribution in [3.63, 3.8) is 0 Å². The van der Waals surface area contributed by atoms with Crippen LogP contribution in [0.4, 0.5) is 0 Å². The van der Waals surface area contributed by atoms with Crippen LogP contribution in [0.3, 0.4) is 0 Å². The van der Waals surface area contributed by atoms with Gasteiger partial charge in [-0.15, -0.1) is 0 Å². The van der Waals surface area contributed by atoms with E-state index in [1.165, 1.54) is 0 Å². The summed E-state index contributed by atoms with van der Waals surface area (Å²) in [5.74, 6) is -0.0202. The average molecular weight is 374 g/mol.